The molecule has 2 aromatic rings. The fourth-order valence-electron chi connectivity index (χ4n) is 1.63. The second-order valence-corrected chi connectivity index (χ2v) is 3.79. The highest BCUT2D eigenvalue weighted by atomic mass is 35.5. The van der Waals surface area contributed by atoms with E-state index in [2.05, 4.69) is 4.98 Å². The van der Waals surface area contributed by atoms with Crippen LogP contribution in [0.25, 0.3) is 11.0 Å². The van der Waals surface area contributed by atoms with Crippen LogP contribution in [0.2, 0.25) is 0 Å². The molecule has 0 aliphatic rings. The van der Waals surface area contributed by atoms with Gasteiger partial charge in [0, 0.05) is 0 Å². The average Bonchev–Trinajstić information content (AvgIpc) is 2.63. The monoisotopic (exact) mass is 268 g/mol. The second kappa shape index (κ2) is 4.66. The Morgan fingerprint density at radius 3 is 2.78 bits per heavy atom. The topological polar surface area (TPSA) is 81.2 Å². The van der Waals surface area contributed by atoms with Crippen LogP contribution in [0.1, 0.15) is 17.3 Å². The van der Waals surface area contributed by atoms with Gasteiger partial charge in [0.25, 0.3) is 0 Å². The van der Waals surface area contributed by atoms with Crippen molar-refractivity contribution in [2.45, 2.75) is 6.92 Å². The summed E-state index contributed by atoms with van der Waals surface area (Å²) in [5.74, 6) is -0.495. The van der Waals surface area contributed by atoms with Crippen LogP contribution >= 0.6 is 11.6 Å². The third kappa shape index (κ3) is 2.02. The second-order valence-electron chi connectivity index (χ2n) is 3.47. The highest BCUT2D eigenvalue weighted by Crippen LogP contribution is 2.14. The Balaban J connectivity index is 2.58. The molecule has 0 spiro atoms. The molecule has 0 saturated heterocycles. The van der Waals surface area contributed by atoms with E-state index in [0.29, 0.717) is 16.6 Å². The molecule has 0 aliphatic carbocycles. The lowest BCUT2D eigenvalue weighted by molar-refractivity contribution is 0.0526. The number of benzene rings is 1. The Hall–Kier alpha value is -2.08. The number of halogens is 1. The number of imidazole rings is 1. The van der Waals surface area contributed by atoms with Crippen molar-refractivity contribution in [3.63, 3.8) is 0 Å². The highest BCUT2D eigenvalue weighted by molar-refractivity contribution is 6.63. The molecule has 1 aromatic carbocycles. The van der Waals surface area contributed by atoms with E-state index in [-0.39, 0.29) is 6.61 Å². The minimum absolute atomic E-state index is 0.259. The average molecular weight is 269 g/mol. The molecule has 0 saturated carbocycles. The lowest BCUT2D eigenvalue weighted by Gasteiger charge is -2.01. The molecule has 0 bridgehead atoms. The van der Waals surface area contributed by atoms with Gasteiger partial charge in [-0.15, -0.1) is 0 Å². The first-order chi connectivity index (χ1) is 8.54. The van der Waals surface area contributed by atoms with Crippen molar-refractivity contribution in [2.75, 3.05) is 6.61 Å². The molecular formula is C11H9ClN2O4. The fourth-order valence-corrected chi connectivity index (χ4v) is 1.80. The summed E-state index contributed by atoms with van der Waals surface area (Å²) < 4.78 is 5.61. The molecule has 0 atom stereocenters. The van der Waals surface area contributed by atoms with Crippen molar-refractivity contribution < 1.29 is 14.3 Å². The Bertz CT molecular complexity index is 686. The zero-order valence-corrected chi connectivity index (χ0v) is 10.2. The van der Waals surface area contributed by atoms with Crippen molar-refractivity contribution in [1.82, 2.24) is 9.55 Å². The van der Waals surface area contributed by atoms with E-state index < -0.39 is 17.0 Å². The number of nitrogens with zero attached hydrogens (tertiary/aromatic N) is 1. The number of H-pyrrole nitrogens is 1. The SMILES string of the molecule is CCOC(=O)c1ccc2c(c1)[nH]c(=O)n2C(=O)Cl. The molecule has 1 N–H and O–H groups in total. The summed E-state index contributed by atoms with van der Waals surface area (Å²) in [5, 5.41) is -0.907. The lowest BCUT2D eigenvalue weighted by Crippen LogP contribution is -2.19. The number of carbonyl (C=O) groups is 2. The molecule has 0 unspecified atom stereocenters. The zero-order chi connectivity index (χ0) is 13.3. The number of hydrogen-bond acceptors (Lipinski definition) is 4. The summed E-state index contributed by atoms with van der Waals surface area (Å²) in [5.41, 5.74) is 0.304. The molecule has 94 valence electrons. The Kier molecular flexibility index (Phi) is 3.20. The maximum Gasteiger partial charge on any atom is 0.338 e. The summed E-state index contributed by atoms with van der Waals surface area (Å²) in [6.45, 7) is 1.95. The molecular weight excluding hydrogens is 260 g/mol. The Labute approximate surface area is 106 Å². The summed E-state index contributed by atoms with van der Waals surface area (Å²) in [7, 11) is 0. The van der Waals surface area contributed by atoms with Crippen LogP contribution in [-0.2, 0) is 4.74 Å². The molecule has 18 heavy (non-hydrogen) atoms. The molecule has 0 fully saturated rings. The van der Waals surface area contributed by atoms with Crippen LogP contribution in [0.4, 0.5) is 4.79 Å². The Morgan fingerprint density at radius 2 is 2.17 bits per heavy atom. The fraction of sp³-hybridized carbons (Fsp3) is 0.182. The van der Waals surface area contributed by atoms with Crippen molar-refractivity contribution in [2.24, 2.45) is 0 Å². The predicted octanol–water partition coefficient (Wildman–Crippen LogP) is 1.71. The number of nitrogens with one attached hydrogen (secondary N) is 1. The normalized spacial score (nSPS) is 10.6. The third-order valence-corrected chi connectivity index (χ3v) is 2.54. The quantitative estimate of drug-likeness (QED) is 0.664. The largest absolute Gasteiger partial charge is 0.462 e. The van der Waals surface area contributed by atoms with Crippen LogP contribution in [-0.4, -0.2) is 27.5 Å². The van der Waals surface area contributed by atoms with Crippen molar-refractivity contribution in [3.05, 3.63) is 34.2 Å². The summed E-state index contributed by atoms with van der Waals surface area (Å²) in [6.07, 6.45) is 0. The van der Waals surface area contributed by atoms with Crippen LogP contribution in [0.5, 0.6) is 0 Å². The van der Waals surface area contributed by atoms with E-state index >= 15 is 0 Å². The number of carbonyl (C=O) groups excluding carboxylic acids is 2. The number of aromatic nitrogens is 2. The number of hydrogen-bond donors (Lipinski definition) is 1. The lowest BCUT2D eigenvalue weighted by atomic mass is 10.2. The van der Waals surface area contributed by atoms with E-state index in [9.17, 15) is 14.4 Å². The van der Waals surface area contributed by atoms with Gasteiger partial charge in [0.05, 0.1) is 23.2 Å². The molecule has 6 nitrogen and oxygen atoms in total. The van der Waals surface area contributed by atoms with Crippen LogP contribution in [0, 0.1) is 0 Å². The molecule has 1 aromatic heterocycles. The zero-order valence-electron chi connectivity index (χ0n) is 9.40. The van der Waals surface area contributed by atoms with Gasteiger partial charge in [-0.1, -0.05) is 0 Å². The van der Waals surface area contributed by atoms with E-state index in [1.807, 2.05) is 0 Å². The van der Waals surface area contributed by atoms with Gasteiger partial charge < -0.3 is 9.72 Å². The first-order valence-corrected chi connectivity index (χ1v) is 5.54. The molecule has 0 amide bonds. The standard InChI is InChI=1S/C11H9ClN2O4/c1-2-18-9(15)6-3-4-8-7(5-6)13-11(17)14(8)10(12)16/h3-5H,2H2,1H3,(H,13,17). The number of aromatic amines is 1. The van der Waals surface area contributed by atoms with Crippen molar-refractivity contribution in [3.8, 4) is 0 Å². The van der Waals surface area contributed by atoms with Gasteiger partial charge >= 0.3 is 17.0 Å². The molecule has 1 heterocycles. The molecule has 0 aliphatic heterocycles. The first kappa shape index (κ1) is 12.4. The highest BCUT2D eigenvalue weighted by Gasteiger charge is 2.14. The number of ether oxygens (including phenoxy) is 1. The van der Waals surface area contributed by atoms with Gasteiger partial charge in [-0.2, -0.15) is 0 Å². The number of rotatable bonds is 2. The van der Waals surface area contributed by atoms with Gasteiger partial charge in [0.1, 0.15) is 0 Å². The van der Waals surface area contributed by atoms with Gasteiger partial charge in [-0.05, 0) is 36.7 Å². The summed E-state index contributed by atoms with van der Waals surface area (Å²) >= 11 is 5.29. The molecule has 0 radical (unpaired) electrons. The smallest absolute Gasteiger partial charge is 0.338 e. The van der Waals surface area contributed by atoms with Gasteiger partial charge in [0.2, 0.25) is 0 Å². The van der Waals surface area contributed by atoms with E-state index in [0.717, 1.165) is 4.57 Å². The van der Waals surface area contributed by atoms with Crippen LogP contribution in [0.15, 0.2) is 23.0 Å². The van der Waals surface area contributed by atoms with Gasteiger partial charge in [0.15, 0.2) is 0 Å². The van der Waals surface area contributed by atoms with Crippen molar-refractivity contribution >= 4 is 34.0 Å². The van der Waals surface area contributed by atoms with E-state index in [1.54, 1.807) is 6.92 Å². The van der Waals surface area contributed by atoms with E-state index in [1.165, 1.54) is 18.2 Å². The molecule has 7 heteroatoms. The summed E-state index contributed by atoms with van der Waals surface area (Å²) in [6, 6.07) is 4.36. The predicted molar refractivity (Wildman–Crippen MR) is 65.2 cm³/mol. The summed E-state index contributed by atoms with van der Waals surface area (Å²) in [4.78, 5) is 36.5. The maximum atomic E-state index is 11.5. The van der Waals surface area contributed by atoms with Crippen LogP contribution < -0.4 is 5.69 Å². The van der Waals surface area contributed by atoms with E-state index in [4.69, 9.17) is 16.3 Å². The first-order valence-electron chi connectivity index (χ1n) is 5.16. The van der Waals surface area contributed by atoms with Gasteiger partial charge in [-0.25, -0.2) is 14.2 Å². The Morgan fingerprint density at radius 1 is 1.44 bits per heavy atom. The minimum atomic E-state index is -0.907. The maximum absolute atomic E-state index is 11.5. The van der Waals surface area contributed by atoms with Crippen LogP contribution in [0.3, 0.4) is 0 Å². The van der Waals surface area contributed by atoms with Crippen molar-refractivity contribution in [1.29, 1.82) is 0 Å². The third-order valence-electron chi connectivity index (χ3n) is 2.37. The molecule has 2 rings (SSSR count). The minimum Gasteiger partial charge on any atom is -0.462 e. The van der Waals surface area contributed by atoms with Gasteiger partial charge in [-0.3, -0.25) is 4.79 Å². The number of fused-ring (bicyclic) bond motifs is 1. The number of esters is 1.